The van der Waals surface area contributed by atoms with Gasteiger partial charge in [-0.25, -0.2) is 4.98 Å². The van der Waals surface area contributed by atoms with Gasteiger partial charge in [0.1, 0.15) is 5.82 Å². The molecule has 8 heteroatoms. The fourth-order valence-corrected chi connectivity index (χ4v) is 3.01. The molecule has 1 saturated heterocycles. The average Bonchev–Trinajstić information content (AvgIpc) is 3.09. The number of ether oxygens (including phenoxy) is 1. The Morgan fingerprint density at radius 2 is 2.00 bits per heavy atom. The molecule has 0 aliphatic carbocycles. The largest absolute Gasteiger partial charge is 0.384 e. The van der Waals surface area contributed by atoms with Crippen LogP contribution in [0.3, 0.4) is 0 Å². The summed E-state index contributed by atoms with van der Waals surface area (Å²) >= 11 is 0. The van der Waals surface area contributed by atoms with E-state index in [0.29, 0.717) is 30.2 Å². The van der Waals surface area contributed by atoms with Gasteiger partial charge in [-0.15, -0.1) is 0 Å². The SMILES string of the molecule is CC1(c2cc(NC(=O)Cc3ccc(-c4ccc(N)nc4F)cc3)on2)COC1. The highest BCUT2D eigenvalue weighted by molar-refractivity contribution is 5.91. The second-order valence-corrected chi connectivity index (χ2v) is 7.13. The lowest BCUT2D eigenvalue weighted by atomic mass is 9.85. The second-order valence-electron chi connectivity index (χ2n) is 7.13. The number of aromatic nitrogens is 2. The van der Waals surface area contributed by atoms with E-state index in [1.165, 1.54) is 0 Å². The smallest absolute Gasteiger partial charge is 0.231 e. The molecule has 3 N–H and O–H groups in total. The molecule has 0 unspecified atom stereocenters. The molecule has 4 rings (SSSR count). The van der Waals surface area contributed by atoms with Gasteiger partial charge in [-0.1, -0.05) is 29.4 Å². The number of anilines is 2. The van der Waals surface area contributed by atoms with Crippen LogP contribution in [0.25, 0.3) is 11.1 Å². The third kappa shape index (κ3) is 3.59. The lowest BCUT2D eigenvalue weighted by molar-refractivity contribution is -0.115. The van der Waals surface area contributed by atoms with Gasteiger partial charge in [-0.3, -0.25) is 10.1 Å². The Labute approximate surface area is 160 Å². The van der Waals surface area contributed by atoms with Crippen LogP contribution in [0.1, 0.15) is 18.2 Å². The number of halogens is 1. The molecule has 1 amide bonds. The van der Waals surface area contributed by atoms with Gasteiger partial charge in [-0.05, 0) is 30.2 Å². The summed E-state index contributed by atoms with van der Waals surface area (Å²) in [6.45, 7) is 3.20. The number of benzene rings is 1. The summed E-state index contributed by atoms with van der Waals surface area (Å²) < 4.78 is 24.3. The maximum atomic E-state index is 13.9. The number of pyridine rings is 1. The first-order valence-corrected chi connectivity index (χ1v) is 8.79. The van der Waals surface area contributed by atoms with Crippen LogP contribution in [0, 0.1) is 5.95 Å². The standard InChI is InChI=1S/C20H19FN4O3/c1-20(10-27-11-20)15-9-18(28-25-15)24-17(26)8-12-2-4-13(5-3-12)14-6-7-16(22)23-19(14)21/h2-7,9H,8,10-11H2,1H3,(H2,22,23)(H,24,26). The molecule has 1 aliphatic rings. The van der Waals surface area contributed by atoms with Crippen LogP contribution in [0.15, 0.2) is 47.0 Å². The zero-order valence-electron chi connectivity index (χ0n) is 15.2. The zero-order valence-corrected chi connectivity index (χ0v) is 15.2. The Hall–Kier alpha value is -3.26. The molecule has 0 spiro atoms. The number of nitrogen functional groups attached to an aromatic ring is 1. The monoisotopic (exact) mass is 382 g/mol. The van der Waals surface area contributed by atoms with Crippen molar-refractivity contribution in [1.29, 1.82) is 0 Å². The molecule has 7 nitrogen and oxygen atoms in total. The molecule has 1 fully saturated rings. The van der Waals surface area contributed by atoms with Crippen molar-refractivity contribution in [2.75, 3.05) is 24.3 Å². The Morgan fingerprint density at radius 1 is 1.25 bits per heavy atom. The minimum absolute atomic E-state index is 0.129. The van der Waals surface area contributed by atoms with Gasteiger partial charge in [0, 0.05) is 11.6 Å². The van der Waals surface area contributed by atoms with Crippen molar-refractivity contribution in [3.05, 3.63) is 59.7 Å². The van der Waals surface area contributed by atoms with Crippen molar-refractivity contribution in [2.45, 2.75) is 18.8 Å². The maximum absolute atomic E-state index is 13.9. The first-order chi connectivity index (χ1) is 13.4. The third-order valence-electron chi connectivity index (χ3n) is 4.73. The highest BCUT2D eigenvalue weighted by Crippen LogP contribution is 2.32. The lowest BCUT2D eigenvalue weighted by Crippen LogP contribution is -2.44. The molecule has 144 valence electrons. The molecule has 2 aromatic heterocycles. The number of nitrogens with two attached hydrogens (primary N) is 1. The fourth-order valence-electron chi connectivity index (χ4n) is 3.01. The average molecular weight is 382 g/mol. The fraction of sp³-hybridized carbons (Fsp3) is 0.250. The Balaban J connectivity index is 1.39. The molecule has 0 bridgehead atoms. The summed E-state index contributed by atoms with van der Waals surface area (Å²) in [5.74, 6) is -0.424. The molecule has 28 heavy (non-hydrogen) atoms. The van der Waals surface area contributed by atoms with Crippen LogP contribution in [0.2, 0.25) is 0 Å². The van der Waals surface area contributed by atoms with E-state index in [2.05, 4.69) is 15.5 Å². The normalized spacial score (nSPS) is 15.1. The van der Waals surface area contributed by atoms with E-state index in [-0.39, 0.29) is 23.6 Å². The van der Waals surface area contributed by atoms with Gasteiger partial charge in [0.2, 0.25) is 17.7 Å². The molecule has 3 heterocycles. The summed E-state index contributed by atoms with van der Waals surface area (Å²) in [4.78, 5) is 15.9. The van der Waals surface area contributed by atoms with E-state index in [1.54, 1.807) is 42.5 Å². The van der Waals surface area contributed by atoms with Crippen LogP contribution in [-0.2, 0) is 21.4 Å². The maximum Gasteiger partial charge on any atom is 0.231 e. The van der Waals surface area contributed by atoms with Gasteiger partial charge < -0.3 is 15.0 Å². The van der Waals surface area contributed by atoms with Crippen molar-refractivity contribution in [3.8, 4) is 11.1 Å². The topological polar surface area (TPSA) is 103 Å². The quantitative estimate of drug-likeness (QED) is 0.658. The predicted octanol–water partition coefficient (Wildman–Crippen LogP) is 2.93. The Bertz CT molecular complexity index is 1010. The lowest BCUT2D eigenvalue weighted by Gasteiger charge is -2.35. The molecule has 0 saturated carbocycles. The summed E-state index contributed by atoms with van der Waals surface area (Å²) in [5.41, 5.74) is 7.87. The van der Waals surface area contributed by atoms with Crippen molar-refractivity contribution >= 4 is 17.6 Å². The van der Waals surface area contributed by atoms with Gasteiger partial charge in [-0.2, -0.15) is 4.39 Å². The van der Waals surface area contributed by atoms with Gasteiger partial charge >= 0.3 is 0 Å². The van der Waals surface area contributed by atoms with Crippen molar-refractivity contribution in [2.24, 2.45) is 0 Å². The number of nitrogens with zero attached hydrogens (tertiary/aromatic N) is 2. The molecule has 3 aromatic rings. The molecular weight excluding hydrogens is 363 g/mol. The summed E-state index contributed by atoms with van der Waals surface area (Å²) in [6.07, 6.45) is 0.152. The third-order valence-corrected chi connectivity index (χ3v) is 4.73. The minimum atomic E-state index is -0.628. The minimum Gasteiger partial charge on any atom is -0.384 e. The van der Waals surface area contributed by atoms with E-state index in [9.17, 15) is 9.18 Å². The zero-order chi connectivity index (χ0) is 19.7. The number of carbonyl (C=O) groups is 1. The van der Waals surface area contributed by atoms with Gasteiger partial charge in [0.05, 0.1) is 30.7 Å². The first kappa shape index (κ1) is 18.1. The molecule has 0 atom stereocenters. The number of nitrogens with one attached hydrogen (secondary N) is 1. The van der Waals surface area contributed by atoms with Crippen molar-refractivity contribution in [3.63, 3.8) is 0 Å². The van der Waals surface area contributed by atoms with E-state index in [0.717, 1.165) is 11.3 Å². The molecule has 0 radical (unpaired) electrons. The van der Waals surface area contributed by atoms with Crippen LogP contribution >= 0.6 is 0 Å². The van der Waals surface area contributed by atoms with Crippen LogP contribution in [0.5, 0.6) is 0 Å². The van der Waals surface area contributed by atoms with Crippen LogP contribution < -0.4 is 11.1 Å². The Kier molecular flexibility index (Phi) is 4.56. The van der Waals surface area contributed by atoms with E-state index >= 15 is 0 Å². The summed E-state index contributed by atoms with van der Waals surface area (Å²) in [6, 6.07) is 11.9. The predicted molar refractivity (Wildman–Crippen MR) is 101 cm³/mol. The van der Waals surface area contributed by atoms with E-state index in [1.807, 2.05) is 6.92 Å². The van der Waals surface area contributed by atoms with Gasteiger partial charge in [0.15, 0.2) is 0 Å². The summed E-state index contributed by atoms with van der Waals surface area (Å²) in [5, 5.41) is 6.71. The first-order valence-electron chi connectivity index (χ1n) is 8.79. The van der Waals surface area contributed by atoms with Crippen molar-refractivity contribution in [1.82, 2.24) is 10.1 Å². The number of hydrogen-bond donors (Lipinski definition) is 2. The molecular formula is C20H19FN4O3. The Morgan fingerprint density at radius 3 is 2.64 bits per heavy atom. The van der Waals surface area contributed by atoms with E-state index < -0.39 is 5.95 Å². The highest BCUT2D eigenvalue weighted by Gasteiger charge is 2.38. The molecule has 1 aromatic carbocycles. The van der Waals surface area contributed by atoms with Gasteiger partial charge in [0.25, 0.3) is 0 Å². The van der Waals surface area contributed by atoms with Crippen molar-refractivity contribution < 1.29 is 18.4 Å². The molecule has 1 aliphatic heterocycles. The number of rotatable bonds is 5. The van der Waals surface area contributed by atoms with Crippen LogP contribution in [-0.4, -0.2) is 29.3 Å². The highest BCUT2D eigenvalue weighted by atomic mass is 19.1. The number of carbonyl (C=O) groups excluding carboxylic acids is 1. The van der Waals surface area contributed by atoms with E-state index in [4.69, 9.17) is 15.0 Å². The number of hydrogen-bond acceptors (Lipinski definition) is 6. The number of amides is 1. The second kappa shape index (κ2) is 7.05. The van der Waals surface area contributed by atoms with Crippen LogP contribution in [0.4, 0.5) is 16.1 Å². The summed E-state index contributed by atoms with van der Waals surface area (Å²) in [7, 11) is 0.